The van der Waals surface area contributed by atoms with Crippen LogP contribution in [-0.4, -0.2) is 18.4 Å². The molecule has 1 aliphatic heterocycles. The standard InChI is InChI=1S/C5H8O4/c1-3(6)5-7-4(2)8-9-5/h4-5H,1-2H3. The van der Waals surface area contributed by atoms with Gasteiger partial charge in [-0.3, -0.25) is 4.79 Å². The van der Waals surface area contributed by atoms with Crippen LogP contribution in [-0.2, 0) is 19.3 Å². The van der Waals surface area contributed by atoms with E-state index in [0.29, 0.717) is 0 Å². The Kier molecular flexibility index (Phi) is 1.80. The molecule has 1 aliphatic rings. The zero-order chi connectivity index (χ0) is 6.85. The molecule has 2 unspecified atom stereocenters. The first kappa shape index (κ1) is 6.67. The zero-order valence-electron chi connectivity index (χ0n) is 5.29. The van der Waals surface area contributed by atoms with Crippen molar-refractivity contribution >= 4 is 5.78 Å². The summed E-state index contributed by atoms with van der Waals surface area (Å²) in [7, 11) is 0. The third-order valence-corrected chi connectivity index (χ3v) is 0.926. The normalized spacial score (nSPS) is 34.9. The van der Waals surface area contributed by atoms with Gasteiger partial charge >= 0.3 is 0 Å². The Morgan fingerprint density at radius 1 is 1.44 bits per heavy atom. The molecule has 4 nitrogen and oxygen atoms in total. The maximum absolute atomic E-state index is 10.5. The summed E-state index contributed by atoms with van der Waals surface area (Å²) in [6.45, 7) is 3.04. The number of hydrogen-bond acceptors (Lipinski definition) is 4. The van der Waals surface area contributed by atoms with Crippen LogP contribution in [0.4, 0.5) is 0 Å². The van der Waals surface area contributed by atoms with Crippen molar-refractivity contribution < 1.29 is 19.3 Å². The number of carbonyl (C=O) groups is 1. The quantitative estimate of drug-likeness (QED) is 0.479. The Morgan fingerprint density at radius 3 is 2.33 bits per heavy atom. The van der Waals surface area contributed by atoms with Gasteiger partial charge in [0.25, 0.3) is 6.29 Å². The fraction of sp³-hybridized carbons (Fsp3) is 0.800. The molecule has 0 bridgehead atoms. The topological polar surface area (TPSA) is 44.8 Å². The van der Waals surface area contributed by atoms with Crippen molar-refractivity contribution in [1.29, 1.82) is 0 Å². The lowest BCUT2D eigenvalue weighted by atomic mass is 10.4. The minimum absolute atomic E-state index is 0.181. The number of Topliss-reactive ketones (excluding diaryl/α,β-unsaturated/α-hetero) is 1. The molecule has 0 N–H and O–H groups in total. The zero-order valence-corrected chi connectivity index (χ0v) is 5.29. The van der Waals surface area contributed by atoms with Crippen molar-refractivity contribution in [1.82, 2.24) is 0 Å². The molecule has 1 saturated heterocycles. The van der Waals surface area contributed by atoms with Gasteiger partial charge in [-0.25, -0.2) is 4.89 Å². The molecule has 0 aliphatic carbocycles. The molecule has 0 aromatic heterocycles. The van der Waals surface area contributed by atoms with E-state index in [0.717, 1.165) is 0 Å². The Morgan fingerprint density at radius 2 is 2.11 bits per heavy atom. The van der Waals surface area contributed by atoms with Crippen LogP contribution in [0.3, 0.4) is 0 Å². The van der Waals surface area contributed by atoms with Crippen molar-refractivity contribution in [2.75, 3.05) is 0 Å². The van der Waals surface area contributed by atoms with Gasteiger partial charge in [-0.15, -0.1) is 0 Å². The van der Waals surface area contributed by atoms with E-state index >= 15 is 0 Å². The first-order chi connectivity index (χ1) is 4.20. The van der Waals surface area contributed by atoms with E-state index in [9.17, 15) is 4.79 Å². The highest BCUT2D eigenvalue weighted by Crippen LogP contribution is 2.12. The van der Waals surface area contributed by atoms with Crippen molar-refractivity contribution in [3.05, 3.63) is 0 Å². The fourth-order valence-electron chi connectivity index (χ4n) is 0.512. The monoisotopic (exact) mass is 132 g/mol. The van der Waals surface area contributed by atoms with E-state index in [-0.39, 0.29) is 5.78 Å². The number of carbonyl (C=O) groups excluding carboxylic acids is 1. The van der Waals surface area contributed by atoms with Crippen LogP contribution in [0, 0.1) is 0 Å². The summed E-state index contributed by atoms with van der Waals surface area (Å²) in [5.74, 6) is -0.181. The highest BCUT2D eigenvalue weighted by molar-refractivity contribution is 5.79. The minimum atomic E-state index is -0.819. The number of ketones is 1. The van der Waals surface area contributed by atoms with E-state index in [2.05, 4.69) is 9.78 Å². The Bertz CT molecular complexity index is 122. The summed E-state index contributed by atoms with van der Waals surface area (Å²) in [4.78, 5) is 19.4. The first-order valence-corrected chi connectivity index (χ1v) is 2.68. The summed E-state index contributed by atoms with van der Waals surface area (Å²) in [6, 6.07) is 0. The van der Waals surface area contributed by atoms with Crippen LogP contribution in [0.2, 0.25) is 0 Å². The molecule has 1 rings (SSSR count). The third kappa shape index (κ3) is 1.48. The molecule has 2 atom stereocenters. The Balaban J connectivity index is 2.39. The second-order valence-corrected chi connectivity index (χ2v) is 1.84. The second-order valence-electron chi connectivity index (χ2n) is 1.84. The summed E-state index contributed by atoms with van der Waals surface area (Å²) in [5.41, 5.74) is 0. The summed E-state index contributed by atoms with van der Waals surface area (Å²) in [6.07, 6.45) is -1.25. The molecule has 4 heteroatoms. The predicted octanol–water partition coefficient (Wildman–Crippen LogP) is 0.226. The lowest BCUT2D eigenvalue weighted by Crippen LogP contribution is -2.18. The van der Waals surface area contributed by atoms with Gasteiger partial charge in [-0.1, -0.05) is 0 Å². The molecule has 9 heavy (non-hydrogen) atoms. The predicted molar refractivity (Wildman–Crippen MR) is 27.2 cm³/mol. The van der Waals surface area contributed by atoms with Crippen molar-refractivity contribution in [3.63, 3.8) is 0 Å². The van der Waals surface area contributed by atoms with E-state index in [1.54, 1.807) is 6.92 Å². The number of ether oxygens (including phenoxy) is 1. The smallest absolute Gasteiger partial charge is 0.252 e. The average molecular weight is 132 g/mol. The van der Waals surface area contributed by atoms with Gasteiger partial charge in [0.15, 0.2) is 12.1 Å². The molecule has 0 saturated carbocycles. The Labute approximate surface area is 52.6 Å². The summed E-state index contributed by atoms with van der Waals surface area (Å²) < 4.78 is 4.83. The molecule has 0 radical (unpaired) electrons. The largest absolute Gasteiger partial charge is 0.311 e. The maximum atomic E-state index is 10.5. The minimum Gasteiger partial charge on any atom is -0.311 e. The van der Waals surface area contributed by atoms with Crippen LogP contribution >= 0.6 is 0 Å². The molecule has 1 heterocycles. The molecule has 0 amide bonds. The third-order valence-electron chi connectivity index (χ3n) is 0.926. The second kappa shape index (κ2) is 2.43. The number of hydrogen-bond donors (Lipinski definition) is 0. The van der Waals surface area contributed by atoms with Crippen LogP contribution in [0.5, 0.6) is 0 Å². The molecular weight excluding hydrogens is 124 g/mol. The molecule has 52 valence electrons. The van der Waals surface area contributed by atoms with Crippen LogP contribution in [0.15, 0.2) is 0 Å². The SMILES string of the molecule is CC(=O)C1OOC(C)O1. The fourth-order valence-corrected chi connectivity index (χ4v) is 0.512. The van der Waals surface area contributed by atoms with Crippen molar-refractivity contribution in [2.24, 2.45) is 0 Å². The van der Waals surface area contributed by atoms with Gasteiger partial charge in [-0.2, -0.15) is 4.89 Å². The van der Waals surface area contributed by atoms with Gasteiger partial charge in [-0.05, 0) is 13.8 Å². The van der Waals surface area contributed by atoms with Crippen molar-refractivity contribution in [2.45, 2.75) is 26.4 Å². The lowest BCUT2D eigenvalue weighted by molar-refractivity contribution is -0.287. The number of rotatable bonds is 1. The summed E-state index contributed by atoms with van der Waals surface area (Å²) >= 11 is 0. The van der Waals surface area contributed by atoms with E-state index < -0.39 is 12.6 Å². The van der Waals surface area contributed by atoms with Crippen molar-refractivity contribution in [3.8, 4) is 0 Å². The van der Waals surface area contributed by atoms with Gasteiger partial charge in [0, 0.05) is 0 Å². The molecule has 0 aromatic rings. The Hall–Kier alpha value is -0.450. The van der Waals surface area contributed by atoms with Crippen LogP contribution < -0.4 is 0 Å². The van der Waals surface area contributed by atoms with Gasteiger partial charge < -0.3 is 4.74 Å². The molecule has 0 aromatic carbocycles. The van der Waals surface area contributed by atoms with Gasteiger partial charge in [0.1, 0.15) is 0 Å². The molecular formula is C5H8O4. The molecule has 0 spiro atoms. The summed E-state index contributed by atoms with van der Waals surface area (Å²) in [5, 5.41) is 0. The average Bonchev–Trinajstić information content (AvgIpc) is 2.14. The van der Waals surface area contributed by atoms with Crippen LogP contribution in [0.1, 0.15) is 13.8 Å². The van der Waals surface area contributed by atoms with E-state index in [1.807, 2.05) is 0 Å². The molecule has 1 fully saturated rings. The lowest BCUT2D eigenvalue weighted by Gasteiger charge is -1.98. The van der Waals surface area contributed by atoms with Gasteiger partial charge in [0.2, 0.25) is 0 Å². The highest BCUT2D eigenvalue weighted by Gasteiger charge is 2.27. The van der Waals surface area contributed by atoms with Gasteiger partial charge in [0.05, 0.1) is 0 Å². The first-order valence-electron chi connectivity index (χ1n) is 2.68. The van der Waals surface area contributed by atoms with Crippen LogP contribution in [0.25, 0.3) is 0 Å². The van der Waals surface area contributed by atoms with E-state index in [4.69, 9.17) is 4.74 Å². The van der Waals surface area contributed by atoms with E-state index in [1.165, 1.54) is 6.92 Å². The maximum Gasteiger partial charge on any atom is 0.252 e. The highest BCUT2D eigenvalue weighted by atomic mass is 17.3.